The fraction of sp³-hybridized carbons (Fsp3) is 0.417. The number of anilines is 1. The van der Waals surface area contributed by atoms with E-state index in [1.54, 1.807) is 13.0 Å². The van der Waals surface area contributed by atoms with Crippen molar-refractivity contribution in [3.8, 4) is 5.75 Å². The van der Waals surface area contributed by atoms with Gasteiger partial charge in [0.25, 0.3) is 5.91 Å². The Balaban J connectivity index is 1.75. The molecule has 2 amide bonds. The minimum atomic E-state index is -0.607. The molecule has 154 valence electrons. The summed E-state index contributed by atoms with van der Waals surface area (Å²) in [5.41, 5.74) is 3.01. The predicted molar refractivity (Wildman–Crippen MR) is 115 cm³/mol. The minimum Gasteiger partial charge on any atom is -0.479 e. The number of ether oxygens (including phenoxy) is 1. The molecule has 2 aromatic rings. The smallest absolute Gasteiger partial charge is 0.268 e. The SMILES string of the molecule is CCCc1ccc(C(NC(=O)CN2C(=O)C(C)Oc3ccccc32)C(C)C)cc1. The second kappa shape index (κ2) is 9.12. The second-order valence-electron chi connectivity index (χ2n) is 7.93. The predicted octanol–water partition coefficient (Wildman–Crippen LogP) is 4.27. The largest absolute Gasteiger partial charge is 0.479 e. The minimum absolute atomic E-state index is 0.0271. The quantitative estimate of drug-likeness (QED) is 0.763. The van der Waals surface area contributed by atoms with Crippen molar-refractivity contribution in [3.63, 3.8) is 0 Å². The number of amides is 2. The van der Waals surface area contributed by atoms with E-state index in [0.717, 1.165) is 18.4 Å². The van der Waals surface area contributed by atoms with Crippen molar-refractivity contribution in [1.82, 2.24) is 5.32 Å². The van der Waals surface area contributed by atoms with E-state index < -0.39 is 6.10 Å². The van der Waals surface area contributed by atoms with Gasteiger partial charge in [-0.25, -0.2) is 0 Å². The standard InChI is InChI=1S/C24H30N2O3/c1-5-8-18-11-13-19(14-12-18)23(16(2)3)25-22(27)15-26-20-9-6-7-10-21(20)29-17(4)24(26)28/h6-7,9-14,16-17,23H,5,8,15H2,1-4H3,(H,25,27). The lowest BCUT2D eigenvalue weighted by Gasteiger charge is -2.33. The van der Waals surface area contributed by atoms with Gasteiger partial charge in [0.15, 0.2) is 6.10 Å². The molecule has 0 radical (unpaired) electrons. The molecule has 29 heavy (non-hydrogen) atoms. The zero-order valence-corrected chi connectivity index (χ0v) is 17.6. The summed E-state index contributed by atoms with van der Waals surface area (Å²) < 4.78 is 5.65. The van der Waals surface area contributed by atoms with Crippen molar-refractivity contribution >= 4 is 17.5 Å². The van der Waals surface area contributed by atoms with Crippen molar-refractivity contribution < 1.29 is 14.3 Å². The molecule has 0 saturated heterocycles. The molecule has 0 saturated carbocycles. The Morgan fingerprint density at radius 3 is 2.48 bits per heavy atom. The molecule has 5 nitrogen and oxygen atoms in total. The van der Waals surface area contributed by atoms with Crippen molar-refractivity contribution in [1.29, 1.82) is 0 Å². The molecular formula is C24H30N2O3. The van der Waals surface area contributed by atoms with Crippen LogP contribution in [0.1, 0.15) is 51.3 Å². The molecule has 5 heteroatoms. The van der Waals surface area contributed by atoms with Gasteiger partial charge in [-0.1, -0.05) is 63.6 Å². The van der Waals surface area contributed by atoms with Crippen LogP contribution in [0.2, 0.25) is 0 Å². The molecule has 0 aromatic heterocycles. The summed E-state index contributed by atoms with van der Waals surface area (Å²) in [6, 6.07) is 15.6. The lowest BCUT2D eigenvalue weighted by atomic mass is 9.94. The maximum Gasteiger partial charge on any atom is 0.268 e. The maximum absolute atomic E-state index is 12.9. The first-order valence-electron chi connectivity index (χ1n) is 10.4. The molecule has 1 heterocycles. The Morgan fingerprint density at radius 2 is 1.83 bits per heavy atom. The van der Waals surface area contributed by atoms with Gasteiger partial charge in [-0.05, 0) is 42.5 Å². The highest BCUT2D eigenvalue weighted by atomic mass is 16.5. The van der Waals surface area contributed by atoms with Crippen molar-refractivity contribution in [3.05, 3.63) is 59.7 Å². The number of hydrogen-bond donors (Lipinski definition) is 1. The molecule has 1 aliphatic rings. The van der Waals surface area contributed by atoms with Crippen LogP contribution in [0.15, 0.2) is 48.5 Å². The average Bonchev–Trinajstić information content (AvgIpc) is 2.70. The van der Waals surface area contributed by atoms with Crippen LogP contribution in [-0.4, -0.2) is 24.5 Å². The fourth-order valence-corrected chi connectivity index (χ4v) is 3.70. The summed E-state index contributed by atoms with van der Waals surface area (Å²) in [7, 11) is 0. The van der Waals surface area contributed by atoms with E-state index in [-0.39, 0.29) is 30.3 Å². The molecule has 2 aromatic carbocycles. The number of carbonyl (C=O) groups is 2. The summed E-state index contributed by atoms with van der Waals surface area (Å²) in [5, 5.41) is 3.12. The van der Waals surface area contributed by atoms with Gasteiger partial charge in [0, 0.05) is 0 Å². The van der Waals surface area contributed by atoms with E-state index in [1.165, 1.54) is 10.5 Å². The molecule has 0 spiro atoms. The highest BCUT2D eigenvalue weighted by Gasteiger charge is 2.33. The van der Waals surface area contributed by atoms with Crippen molar-refractivity contribution in [2.24, 2.45) is 5.92 Å². The van der Waals surface area contributed by atoms with Crippen LogP contribution in [0.4, 0.5) is 5.69 Å². The lowest BCUT2D eigenvalue weighted by molar-refractivity contribution is -0.128. The first kappa shape index (κ1) is 20.9. The van der Waals surface area contributed by atoms with Crippen LogP contribution < -0.4 is 15.0 Å². The lowest BCUT2D eigenvalue weighted by Crippen LogP contribution is -2.49. The van der Waals surface area contributed by atoms with Crippen LogP contribution in [0.5, 0.6) is 5.75 Å². The van der Waals surface area contributed by atoms with Gasteiger partial charge in [-0.2, -0.15) is 0 Å². The van der Waals surface area contributed by atoms with E-state index >= 15 is 0 Å². The summed E-state index contributed by atoms with van der Waals surface area (Å²) >= 11 is 0. The van der Waals surface area contributed by atoms with Crippen LogP contribution in [0, 0.1) is 5.92 Å². The first-order chi connectivity index (χ1) is 13.9. The molecule has 0 aliphatic carbocycles. The number of fused-ring (bicyclic) bond motifs is 1. The number of hydrogen-bond acceptors (Lipinski definition) is 3. The summed E-state index contributed by atoms with van der Waals surface area (Å²) in [6.07, 6.45) is 1.55. The zero-order valence-electron chi connectivity index (χ0n) is 17.6. The number of aryl methyl sites for hydroxylation is 1. The van der Waals surface area contributed by atoms with Gasteiger partial charge in [-0.3, -0.25) is 14.5 Å². The molecule has 0 bridgehead atoms. The zero-order chi connectivity index (χ0) is 21.0. The highest BCUT2D eigenvalue weighted by molar-refractivity contribution is 6.03. The Bertz CT molecular complexity index is 861. The molecule has 1 N–H and O–H groups in total. The van der Waals surface area contributed by atoms with E-state index in [0.29, 0.717) is 11.4 Å². The van der Waals surface area contributed by atoms with Crippen LogP contribution in [0.3, 0.4) is 0 Å². The van der Waals surface area contributed by atoms with Crippen molar-refractivity contribution in [2.45, 2.75) is 52.7 Å². The van der Waals surface area contributed by atoms with Gasteiger partial charge < -0.3 is 10.1 Å². The average molecular weight is 395 g/mol. The number of para-hydroxylation sites is 2. The Kier molecular flexibility index (Phi) is 6.57. The van der Waals surface area contributed by atoms with Gasteiger partial charge in [0.05, 0.1) is 11.7 Å². The van der Waals surface area contributed by atoms with E-state index in [2.05, 4.69) is 50.4 Å². The highest BCUT2D eigenvalue weighted by Crippen LogP contribution is 2.33. The second-order valence-corrected chi connectivity index (χ2v) is 7.93. The van der Waals surface area contributed by atoms with Crippen LogP contribution in [-0.2, 0) is 16.0 Å². The van der Waals surface area contributed by atoms with E-state index in [9.17, 15) is 9.59 Å². The number of benzene rings is 2. The molecule has 3 rings (SSSR count). The molecule has 2 unspecified atom stereocenters. The van der Waals surface area contributed by atoms with Gasteiger partial charge in [0.2, 0.25) is 5.91 Å². The van der Waals surface area contributed by atoms with E-state index in [1.807, 2.05) is 18.2 Å². The fourth-order valence-electron chi connectivity index (χ4n) is 3.70. The Morgan fingerprint density at radius 1 is 1.14 bits per heavy atom. The summed E-state index contributed by atoms with van der Waals surface area (Å²) in [6.45, 7) is 8.01. The van der Waals surface area contributed by atoms with E-state index in [4.69, 9.17) is 4.74 Å². The van der Waals surface area contributed by atoms with Gasteiger partial charge >= 0.3 is 0 Å². The summed E-state index contributed by atoms with van der Waals surface area (Å²) in [5.74, 6) is 0.462. The van der Waals surface area contributed by atoms with Crippen molar-refractivity contribution in [2.75, 3.05) is 11.4 Å². The van der Waals surface area contributed by atoms with Crippen LogP contribution in [0.25, 0.3) is 0 Å². The number of nitrogens with one attached hydrogen (secondary N) is 1. The summed E-state index contributed by atoms with van der Waals surface area (Å²) in [4.78, 5) is 27.0. The Hall–Kier alpha value is -2.82. The molecular weight excluding hydrogens is 364 g/mol. The number of carbonyl (C=O) groups excluding carboxylic acids is 2. The molecule has 1 aliphatic heterocycles. The maximum atomic E-state index is 12.9. The monoisotopic (exact) mass is 394 g/mol. The Labute approximate surface area is 173 Å². The first-order valence-corrected chi connectivity index (χ1v) is 10.4. The number of nitrogens with zero attached hydrogens (tertiary/aromatic N) is 1. The molecule has 0 fully saturated rings. The third-order valence-electron chi connectivity index (χ3n) is 5.24. The van der Waals surface area contributed by atoms with Gasteiger partial charge in [-0.15, -0.1) is 0 Å². The third-order valence-corrected chi connectivity index (χ3v) is 5.24. The topological polar surface area (TPSA) is 58.6 Å². The number of rotatable bonds is 7. The van der Waals surface area contributed by atoms with Crippen LogP contribution >= 0.6 is 0 Å². The molecule has 2 atom stereocenters. The van der Waals surface area contributed by atoms with Gasteiger partial charge in [0.1, 0.15) is 12.3 Å². The normalized spacial score (nSPS) is 16.9. The third kappa shape index (κ3) is 4.78.